The molecule has 10 fully saturated rings. The van der Waals surface area contributed by atoms with Gasteiger partial charge in [-0.1, -0.05) is 0 Å². The van der Waals surface area contributed by atoms with Crippen LogP contribution in [0, 0.1) is 0 Å². The number of carbonyl (C=O) groups is 1. The zero-order chi connectivity index (χ0) is 16.1. The van der Waals surface area contributed by atoms with Crippen LogP contribution in [0.3, 0.4) is 0 Å². The van der Waals surface area contributed by atoms with E-state index in [-0.39, 0.29) is 0 Å². The summed E-state index contributed by atoms with van der Waals surface area (Å²) in [4.78, 5) is 24.9. The fraction of sp³-hybridized carbons (Fsp3) is 0.696. The first-order chi connectivity index (χ1) is 12.0. The summed E-state index contributed by atoms with van der Waals surface area (Å²) in [6.45, 7) is -0.980. The second-order valence-corrected chi connectivity index (χ2v) is 37.1. The van der Waals surface area contributed by atoms with E-state index in [2.05, 4.69) is 31.2 Å². The van der Waals surface area contributed by atoms with Gasteiger partial charge in [0.15, 0.2) is 0 Å². The number of Topliss-reactive ketones (excluding diaryl/α,β-unsaturated/α-hetero) is 1. The van der Waals surface area contributed by atoms with Crippen molar-refractivity contribution in [2.75, 3.05) is 0 Å². The number of unbranched alkanes of at least 4 members (excludes halogenated alkanes) is 3. The van der Waals surface area contributed by atoms with Crippen LogP contribution in [0.1, 0.15) is 48.5 Å². The average molecular weight is 374 g/mol. The SMILES string of the molecule is CCCCCCc1ccc(C(=O)[C]23[CH]4[CH]5[CH]6[CH]2[Fe]56432789[CH]3[CH]2[CH]7[CH]8[CH]39)cc1. The number of aryl methyl sites for hydroxylation is 1. The first-order valence-corrected chi connectivity index (χ1v) is 17.1. The van der Waals surface area contributed by atoms with Gasteiger partial charge in [0.25, 0.3) is 0 Å². The molecule has 2 heteroatoms. The predicted molar refractivity (Wildman–Crippen MR) is 95.1 cm³/mol. The van der Waals surface area contributed by atoms with Gasteiger partial charge in [0.05, 0.1) is 0 Å². The predicted octanol–water partition coefficient (Wildman–Crippen LogP) is 6.75. The van der Waals surface area contributed by atoms with Gasteiger partial charge in [-0.25, -0.2) is 0 Å². The van der Waals surface area contributed by atoms with E-state index in [9.17, 15) is 4.79 Å². The Hall–Kier alpha value is -0.591. The van der Waals surface area contributed by atoms with Crippen molar-refractivity contribution in [2.45, 2.75) is 86.7 Å². The number of benzene rings is 1. The number of ketones is 1. The Labute approximate surface area is 139 Å². The van der Waals surface area contributed by atoms with Crippen molar-refractivity contribution < 1.29 is 11.3 Å². The molecule has 0 amide bonds. The Morgan fingerprint density at radius 3 is 1.92 bits per heavy atom. The van der Waals surface area contributed by atoms with E-state index in [1.165, 1.54) is 71.4 Å². The van der Waals surface area contributed by atoms with Crippen LogP contribution in [-0.4, -0.2) is 5.78 Å². The Morgan fingerprint density at radius 1 is 0.880 bits per heavy atom. The van der Waals surface area contributed by atoms with Crippen LogP contribution in [0.4, 0.5) is 0 Å². The number of hydrogen-bond donors (Lipinski definition) is 0. The second kappa shape index (κ2) is 1.29. The quantitative estimate of drug-likeness (QED) is 0.293. The fourth-order valence-electron chi connectivity index (χ4n) is 18.6. The van der Waals surface area contributed by atoms with E-state index in [1.807, 2.05) is 0 Å². The van der Waals surface area contributed by atoms with E-state index in [4.69, 9.17) is 0 Å². The molecular weight excluding hydrogens is 348 g/mol. The van der Waals surface area contributed by atoms with Crippen LogP contribution in [0.25, 0.3) is 0 Å². The van der Waals surface area contributed by atoms with Gasteiger partial charge in [0.1, 0.15) is 0 Å². The molecule has 4 unspecified atom stereocenters. The van der Waals surface area contributed by atoms with Crippen LogP contribution in [0.15, 0.2) is 24.3 Å². The molecule has 1 aromatic rings. The van der Waals surface area contributed by atoms with Crippen molar-refractivity contribution in [1.29, 1.82) is 0 Å². The van der Waals surface area contributed by atoms with Crippen LogP contribution >= 0.6 is 0 Å². The van der Waals surface area contributed by atoms with Crippen LogP contribution in [0.5, 0.6) is 0 Å². The van der Waals surface area contributed by atoms with Gasteiger partial charge >= 0.3 is 139 Å². The van der Waals surface area contributed by atoms with Crippen molar-refractivity contribution in [1.82, 2.24) is 0 Å². The summed E-state index contributed by atoms with van der Waals surface area (Å²) in [5, 5.41) is 0. The molecule has 0 aromatic heterocycles. The third kappa shape index (κ3) is 0.189. The van der Waals surface area contributed by atoms with Crippen LogP contribution in [0.2, 0.25) is 47.7 Å². The van der Waals surface area contributed by atoms with Crippen molar-refractivity contribution in [3.05, 3.63) is 35.4 Å². The number of fused-ring (bicyclic) bond motifs is 10. The normalized spacial score (nSPS) is 84.6. The molecule has 10 aliphatic rings. The molecule has 132 valence electrons. The fourth-order valence-corrected chi connectivity index (χ4v) is 92.4. The summed E-state index contributed by atoms with van der Waals surface area (Å²) in [6.07, 6.45) is 6.49. The van der Waals surface area contributed by atoms with Crippen molar-refractivity contribution >= 4 is 5.78 Å². The van der Waals surface area contributed by atoms with Gasteiger partial charge in [-0.05, 0) is 0 Å². The number of hydrogen-bond acceptors (Lipinski definition) is 1. The summed E-state index contributed by atoms with van der Waals surface area (Å²) in [5.74, 6) is 0.705. The van der Waals surface area contributed by atoms with E-state index >= 15 is 0 Å². The Bertz CT molecular complexity index is 1240. The molecule has 0 aliphatic carbocycles. The van der Waals surface area contributed by atoms with E-state index in [1.54, 1.807) is 0 Å². The molecule has 10 heterocycles. The van der Waals surface area contributed by atoms with E-state index in [0.717, 1.165) is 15.2 Å². The molecule has 0 N–H and O–H groups in total. The van der Waals surface area contributed by atoms with Gasteiger partial charge in [0.2, 0.25) is 0 Å². The molecule has 10 aliphatic heterocycles. The Kier molecular flexibility index (Phi) is 0.584. The third-order valence-corrected chi connectivity index (χ3v) is 59.9. The minimum absolute atomic E-state index is 0.404. The van der Waals surface area contributed by atoms with E-state index < -0.39 is 6.51 Å². The topological polar surface area (TPSA) is 17.1 Å². The molecule has 0 radical (unpaired) electrons. The van der Waals surface area contributed by atoms with Gasteiger partial charge in [0, 0.05) is 0 Å². The monoisotopic (exact) mass is 374 g/mol. The summed E-state index contributed by atoms with van der Waals surface area (Å²) in [6, 6.07) is 9.02. The third-order valence-electron chi connectivity index (χ3n) is 17.6. The minimum atomic E-state index is -3.25. The van der Waals surface area contributed by atoms with Gasteiger partial charge < -0.3 is 0 Å². The molecule has 10 saturated heterocycles. The van der Waals surface area contributed by atoms with Gasteiger partial charge in [-0.15, -0.1) is 0 Å². The first-order valence-electron chi connectivity index (χ1n) is 10.8. The Morgan fingerprint density at radius 2 is 1.48 bits per heavy atom. The number of rotatable bonds is 7. The molecule has 0 bridgehead atoms. The average Bonchev–Trinajstić information content (AvgIpc) is 3.58. The molecule has 1 aromatic carbocycles. The summed E-state index contributed by atoms with van der Waals surface area (Å²) in [5.41, 5.74) is 2.56. The molecule has 0 saturated carbocycles. The molecule has 11 rings (SSSR count). The molecule has 25 heavy (non-hydrogen) atoms. The first kappa shape index (κ1) is 11.3. The van der Waals surface area contributed by atoms with Gasteiger partial charge in [-0.2, -0.15) is 0 Å². The molecule has 4 atom stereocenters. The Balaban J connectivity index is 1.02. The molecule has 1 spiro atoms. The van der Waals surface area contributed by atoms with E-state index in [0.29, 0.717) is 10.1 Å². The van der Waals surface area contributed by atoms with Crippen molar-refractivity contribution in [3.63, 3.8) is 0 Å². The van der Waals surface area contributed by atoms with Crippen LogP contribution < -0.4 is 0 Å². The molecular formula is C23H26FeO. The zero-order valence-corrected chi connectivity index (χ0v) is 15.9. The summed E-state index contributed by atoms with van der Waals surface area (Å²) < 4.78 is 0.404. The van der Waals surface area contributed by atoms with Crippen molar-refractivity contribution in [2.24, 2.45) is 0 Å². The maximum atomic E-state index is 13.9. The summed E-state index contributed by atoms with van der Waals surface area (Å²) in [7, 11) is 0. The standard InChI is InChI=1S/C18H21O.C5H5.Fe/c1-2-3-4-5-8-15-11-13-17(14-12-15)18(19)16-9-6-7-10-16;1-2-4-5-3-1;/h6-7,9-14H,2-5,8H2,1H3;1-5H;. The number of carbonyl (C=O) groups excluding carboxylic acids is 1. The molecule has 1 nitrogen and oxygen atoms in total. The maximum absolute atomic E-state index is 13.9. The van der Waals surface area contributed by atoms with Crippen molar-refractivity contribution in [3.8, 4) is 0 Å². The summed E-state index contributed by atoms with van der Waals surface area (Å²) >= 11 is 0. The second-order valence-electron chi connectivity index (χ2n) is 13.5. The van der Waals surface area contributed by atoms with Gasteiger partial charge in [-0.3, -0.25) is 0 Å². The van der Waals surface area contributed by atoms with Crippen LogP contribution in [-0.2, 0) is 12.9 Å². The zero-order valence-electron chi connectivity index (χ0n) is 14.8.